The van der Waals surface area contributed by atoms with Crippen molar-refractivity contribution in [3.8, 4) is 0 Å². The Morgan fingerprint density at radius 2 is 1.43 bits per heavy atom. The molecule has 0 unspecified atom stereocenters. The number of alkyl halides is 3. The number of hydrogen-bond acceptors (Lipinski definition) is 3. The Morgan fingerprint density at radius 1 is 0.913 bits per heavy atom. The first kappa shape index (κ1) is 15.8. The van der Waals surface area contributed by atoms with Gasteiger partial charge in [0, 0.05) is 16.7 Å². The van der Waals surface area contributed by atoms with Crippen LogP contribution in [0.1, 0.15) is 46.4 Å². The number of Topliss-reactive ketones (excluding diaryl/α,β-unsaturated/α-hetero) is 2. The standard InChI is InChI=1S/C17H15F3O3/c18-17(19,20)10-7-5-9(6-8-10)13-14(21)11-3-1-2-4-12(11)15(22)16(13)23/h1-4,9-10,23H,5-8H2. The molecule has 3 nitrogen and oxygen atoms in total. The van der Waals surface area contributed by atoms with Gasteiger partial charge in [-0.2, -0.15) is 13.2 Å². The van der Waals surface area contributed by atoms with Crippen molar-refractivity contribution in [2.75, 3.05) is 0 Å². The maximum atomic E-state index is 12.7. The molecule has 1 saturated carbocycles. The highest BCUT2D eigenvalue weighted by Crippen LogP contribution is 2.43. The number of allylic oxidation sites excluding steroid dienone is 2. The van der Waals surface area contributed by atoms with Crippen molar-refractivity contribution in [2.24, 2.45) is 11.8 Å². The Hall–Kier alpha value is -2.11. The van der Waals surface area contributed by atoms with Crippen LogP contribution in [0.15, 0.2) is 35.6 Å². The molecule has 1 aromatic carbocycles. The maximum absolute atomic E-state index is 12.7. The van der Waals surface area contributed by atoms with Gasteiger partial charge < -0.3 is 5.11 Å². The van der Waals surface area contributed by atoms with Gasteiger partial charge in [0.15, 0.2) is 11.5 Å². The van der Waals surface area contributed by atoms with Crippen molar-refractivity contribution in [1.29, 1.82) is 0 Å². The van der Waals surface area contributed by atoms with Crippen LogP contribution in [0.25, 0.3) is 0 Å². The summed E-state index contributed by atoms with van der Waals surface area (Å²) in [5, 5.41) is 10.1. The first-order valence-electron chi connectivity index (χ1n) is 7.49. The van der Waals surface area contributed by atoms with Gasteiger partial charge >= 0.3 is 6.18 Å². The lowest BCUT2D eigenvalue weighted by Gasteiger charge is -2.32. The van der Waals surface area contributed by atoms with E-state index < -0.39 is 35.3 Å². The lowest BCUT2D eigenvalue weighted by molar-refractivity contribution is -0.183. The highest BCUT2D eigenvalue weighted by atomic mass is 19.4. The third kappa shape index (κ3) is 2.66. The first-order chi connectivity index (χ1) is 10.8. The summed E-state index contributed by atoms with van der Waals surface area (Å²) in [5.41, 5.74) is 0.334. The summed E-state index contributed by atoms with van der Waals surface area (Å²) < 4.78 is 38.2. The lowest BCUT2D eigenvalue weighted by Crippen LogP contribution is -2.32. The zero-order valence-corrected chi connectivity index (χ0v) is 12.2. The largest absolute Gasteiger partial charge is 0.504 e. The second-order valence-corrected chi connectivity index (χ2v) is 6.06. The molecule has 0 heterocycles. The van der Waals surface area contributed by atoms with Gasteiger partial charge in [-0.05, 0) is 31.6 Å². The molecule has 0 aromatic heterocycles. The first-order valence-corrected chi connectivity index (χ1v) is 7.49. The second-order valence-electron chi connectivity index (χ2n) is 6.06. The summed E-state index contributed by atoms with van der Waals surface area (Å²) in [7, 11) is 0. The van der Waals surface area contributed by atoms with Gasteiger partial charge in [-0.3, -0.25) is 9.59 Å². The smallest absolute Gasteiger partial charge is 0.391 e. The van der Waals surface area contributed by atoms with Crippen LogP contribution in [-0.4, -0.2) is 22.8 Å². The molecule has 0 amide bonds. The van der Waals surface area contributed by atoms with Crippen molar-refractivity contribution in [1.82, 2.24) is 0 Å². The summed E-state index contributed by atoms with van der Waals surface area (Å²) >= 11 is 0. The molecule has 0 saturated heterocycles. The minimum atomic E-state index is -4.24. The highest BCUT2D eigenvalue weighted by molar-refractivity contribution is 6.26. The summed E-state index contributed by atoms with van der Waals surface area (Å²) in [4.78, 5) is 24.8. The zero-order chi connectivity index (χ0) is 16.8. The van der Waals surface area contributed by atoms with E-state index in [4.69, 9.17) is 0 Å². The maximum Gasteiger partial charge on any atom is 0.391 e. The number of halogens is 3. The molecule has 1 aromatic rings. The van der Waals surface area contributed by atoms with Crippen molar-refractivity contribution >= 4 is 11.6 Å². The van der Waals surface area contributed by atoms with Crippen LogP contribution in [0.3, 0.4) is 0 Å². The van der Waals surface area contributed by atoms with Crippen LogP contribution < -0.4 is 0 Å². The molecule has 6 heteroatoms. The Labute approximate surface area is 130 Å². The number of aliphatic hydroxyl groups excluding tert-OH is 1. The van der Waals surface area contributed by atoms with Gasteiger partial charge in [-0.15, -0.1) is 0 Å². The summed E-state index contributed by atoms with van der Waals surface area (Å²) in [5.74, 6) is -3.56. The Morgan fingerprint density at radius 3 is 1.96 bits per heavy atom. The van der Waals surface area contributed by atoms with Crippen LogP contribution in [0, 0.1) is 11.8 Å². The molecular formula is C17H15F3O3. The Bertz CT molecular complexity index is 695. The van der Waals surface area contributed by atoms with Gasteiger partial charge in [-0.25, -0.2) is 0 Å². The lowest BCUT2D eigenvalue weighted by atomic mass is 9.73. The number of ketones is 2. The van der Waals surface area contributed by atoms with E-state index in [-0.39, 0.29) is 42.4 Å². The fourth-order valence-electron chi connectivity index (χ4n) is 3.47. The Kier molecular flexibility index (Phi) is 3.78. The van der Waals surface area contributed by atoms with E-state index in [2.05, 4.69) is 0 Å². The average Bonchev–Trinajstić information content (AvgIpc) is 2.53. The van der Waals surface area contributed by atoms with Crippen LogP contribution in [0.2, 0.25) is 0 Å². The molecule has 1 N–H and O–H groups in total. The fraction of sp³-hybridized carbons (Fsp3) is 0.412. The number of rotatable bonds is 1. The predicted octanol–water partition coefficient (Wildman–Crippen LogP) is 4.25. The number of fused-ring (bicyclic) bond motifs is 1. The van der Waals surface area contributed by atoms with Crippen molar-refractivity contribution < 1.29 is 27.9 Å². The van der Waals surface area contributed by atoms with Crippen LogP contribution >= 0.6 is 0 Å². The molecule has 122 valence electrons. The normalized spacial score (nSPS) is 25.5. The average molecular weight is 324 g/mol. The van der Waals surface area contributed by atoms with Crippen molar-refractivity contribution in [2.45, 2.75) is 31.9 Å². The fourth-order valence-corrected chi connectivity index (χ4v) is 3.47. The van der Waals surface area contributed by atoms with E-state index >= 15 is 0 Å². The molecular weight excluding hydrogens is 309 g/mol. The van der Waals surface area contributed by atoms with Crippen molar-refractivity contribution in [3.05, 3.63) is 46.7 Å². The van der Waals surface area contributed by atoms with Crippen LogP contribution in [0.5, 0.6) is 0 Å². The number of carbonyl (C=O) groups excluding carboxylic acids is 2. The SMILES string of the molecule is O=C1C(O)=C(C2CCC(C(F)(F)F)CC2)C(=O)c2ccccc21. The quantitative estimate of drug-likeness (QED) is 0.840. The molecule has 0 atom stereocenters. The molecule has 2 aliphatic carbocycles. The molecule has 2 aliphatic rings. The molecule has 23 heavy (non-hydrogen) atoms. The molecule has 0 radical (unpaired) electrons. The van der Waals surface area contributed by atoms with Gasteiger partial charge in [0.1, 0.15) is 0 Å². The number of hydrogen-bond donors (Lipinski definition) is 1. The van der Waals surface area contributed by atoms with E-state index in [0.717, 1.165) is 0 Å². The zero-order valence-electron chi connectivity index (χ0n) is 12.2. The van der Waals surface area contributed by atoms with Crippen LogP contribution in [0.4, 0.5) is 13.2 Å². The van der Waals surface area contributed by atoms with Gasteiger partial charge in [0.05, 0.1) is 5.92 Å². The van der Waals surface area contributed by atoms with Crippen LogP contribution in [-0.2, 0) is 0 Å². The van der Waals surface area contributed by atoms with E-state index in [1.807, 2.05) is 0 Å². The predicted molar refractivity (Wildman–Crippen MR) is 76.3 cm³/mol. The van der Waals surface area contributed by atoms with Gasteiger partial charge in [0.25, 0.3) is 0 Å². The molecule has 1 fully saturated rings. The third-order valence-electron chi connectivity index (χ3n) is 4.73. The van der Waals surface area contributed by atoms with E-state index in [1.54, 1.807) is 12.1 Å². The third-order valence-corrected chi connectivity index (χ3v) is 4.73. The summed E-state index contributed by atoms with van der Waals surface area (Å²) in [6.45, 7) is 0. The van der Waals surface area contributed by atoms with Gasteiger partial charge in [0.2, 0.25) is 5.78 Å². The monoisotopic (exact) mass is 324 g/mol. The van der Waals surface area contributed by atoms with E-state index in [1.165, 1.54) is 12.1 Å². The molecule has 0 aliphatic heterocycles. The molecule has 0 bridgehead atoms. The molecule has 0 spiro atoms. The number of carbonyl (C=O) groups is 2. The van der Waals surface area contributed by atoms with Crippen molar-refractivity contribution in [3.63, 3.8) is 0 Å². The number of aliphatic hydroxyl groups is 1. The highest BCUT2D eigenvalue weighted by Gasteiger charge is 2.44. The Balaban J connectivity index is 1.88. The summed E-state index contributed by atoms with van der Waals surface area (Å²) in [6, 6.07) is 6.17. The minimum absolute atomic E-state index is 0.0191. The second kappa shape index (κ2) is 5.51. The topological polar surface area (TPSA) is 54.4 Å². The summed E-state index contributed by atoms with van der Waals surface area (Å²) in [6.07, 6.45) is -4.13. The minimum Gasteiger partial charge on any atom is -0.504 e. The van der Waals surface area contributed by atoms with E-state index in [9.17, 15) is 27.9 Å². The van der Waals surface area contributed by atoms with Gasteiger partial charge in [-0.1, -0.05) is 24.3 Å². The van der Waals surface area contributed by atoms with E-state index in [0.29, 0.717) is 0 Å². The number of benzene rings is 1. The molecule has 3 rings (SSSR count).